The maximum absolute atomic E-state index is 13.3. The third-order valence-corrected chi connectivity index (χ3v) is 4.22. The van der Waals surface area contributed by atoms with Crippen molar-refractivity contribution < 1.29 is 4.39 Å². The summed E-state index contributed by atoms with van der Waals surface area (Å²) in [7, 11) is 0. The number of hydrogen-bond acceptors (Lipinski definition) is 1. The molecule has 0 aromatic heterocycles. The first-order valence-electron chi connectivity index (χ1n) is 8.67. The van der Waals surface area contributed by atoms with Gasteiger partial charge >= 0.3 is 0 Å². The smallest absolute Gasteiger partial charge is 0.123 e. The van der Waals surface area contributed by atoms with Crippen LogP contribution < -0.4 is 5.32 Å². The predicted octanol–water partition coefficient (Wildman–Crippen LogP) is 5.34. The average Bonchev–Trinajstić information content (AvgIpc) is 2.48. The van der Waals surface area contributed by atoms with Crippen molar-refractivity contribution in [3.05, 3.63) is 35.6 Å². The van der Waals surface area contributed by atoms with Gasteiger partial charge in [0.1, 0.15) is 5.82 Å². The van der Waals surface area contributed by atoms with Crippen molar-refractivity contribution in [1.29, 1.82) is 0 Å². The first kappa shape index (κ1) is 18.2. The van der Waals surface area contributed by atoms with Crippen LogP contribution in [0, 0.1) is 11.7 Å². The van der Waals surface area contributed by atoms with E-state index >= 15 is 0 Å². The largest absolute Gasteiger partial charge is 0.314 e. The Morgan fingerprint density at radius 1 is 1.14 bits per heavy atom. The molecule has 0 bridgehead atoms. The van der Waals surface area contributed by atoms with Crippen LogP contribution in [-0.2, 0) is 6.42 Å². The number of halogens is 1. The Balaban J connectivity index is 2.61. The molecule has 1 N–H and O–H groups in total. The van der Waals surface area contributed by atoms with Crippen LogP contribution in [0.4, 0.5) is 4.39 Å². The van der Waals surface area contributed by atoms with Crippen LogP contribution in [0.3, 0.4) is 0 Å². The van der Waals surface area contributed by atoms with Gasteiger partial charge in [-0.25, -0.2) is 4.39 Å². The Morgan fingerprint density at radius 3 is 2.57 bits per heavy atom. The summed E-state index contributed by atoms with van der Waals surface area (Å²) < 4.78 is 13.3. The Bertz CT molecular complexity index is 378. The average molecular weight is 293 g/mol. The van der Waals surface area contributed by atoms with Crippen LogP contribution in [0.1, 0.15) is 64.9 Å². The minimum Gasteiger partial charge on any atom is -0.314 e. The Hall–Kier alpha value is -0.890. The lowest BCUT2D eigenvalue weighted by molar-refractivity contribution is 0.347. The van der Waals surface area contributed by atoms with Crippen LogP contribution in [0.2, 0.25) is 0 Å². The van der Waals surface area contributed by atoms with E-state index in [0.717, 1.165) is 30.9 Å². The van der Waals surface area contributed by atoms with Crippen LogP contribution >= 0.6 is 0 Å². The molecule has 0 amide bonds. The molecule has 0 heterocycles. The first-order valence-corrected chi connectivity index (χ1v) is 8.67. The Kier molecular flexibility index (Phi) is 9.32. The zero-order chi connectivity index (χ0) is 15.5. The molecular weight excluding hydrogens is 261 g/mol. The monoisotopic (exact) mass is 293 g/mol. The van der Waals surface area contributed by atoms with Crippen molar-refractivity contribution in [1.82, 2.24) is 5.32 Å². The summed E-state index contributed by atoms with van der Waals surface area (Å²) in [6.45, 7) is 7.79. The van der Waals surface area contributed by atoms with E-state index < -0.39 is 0 Å². The molecule has 1 aromatic carbocycles. The van der Waals surface area contributed by atoms with Gasteiger partial charge in [0.15, 0.2) is 0 Å². The molecule has 0 aliphatic carbocycles. The molecule has 0 saturated heterocycles. The highest BCUT2D eigenvalue weighted by Gasteiger charge is 2.15. The SMILES string of the molecule is CCCCC(CC)CC(Cc1cccc(F)c1)NCCC. The minimum atomic E-state index is -0.125. The summed E-state index contributed by atoms with van der Waals surface area (Å²) in [5.74, 6) is 0.660. The van der Waals surface area contributed by atoms with Gasteiger partial charge in [0.05, 0.1) is 0 Å². The predicted molar refractivity (Wildman–Crippen MR) is 90.1 cm³/mol. The summed E-state index contributed by atoms with van der Waals surface area (Å²) in [6.07, 6.45) is 8.43. The second kappa shape index (κ2) is 10.8. The van der Waals surface area contributed by atoms with E-state index in [9.17, 15) is 4.39 Å². The lowest BCUT2D eigenvalue weighted by Gasteiger charge is -2.24. The minimum absolute atomic E-state index is 0.125. The number of hydrogen-bond donors (Lipinski definition) is 1. The van der Waals surface area contributed by atoms with Gasteiger partial charge in [-0.1, -0.05) is 58.6 Å². The van der Waals surface area contributed by atoms with Gasteiger partial charge in [0.2, 0.25) is 0 Å². The Labute approximate surface area is 130 Å². The zero-order valence-corrected chi connectivity index (χ0v) is 14.0. The molecule has 0 aliphatic heterocycles. The van der Waals surface area contributed by atoms with Gasteiger partial charge in [0.25, 0.3) is 0 Å². The van der Waals surface area contributed by atoms with Gasteiger partial charge in [-0.3, -0.25) is 0 Å². The molecular formula is C19H32FN. The second-order valence-corrected chi connectivity index (χ2v) is 6.14. The van der Waals surface area contributed by atoms with Crippen molar-refractivity contribution in [2.24, 2.45) is 5.92 Å². The number of rotatable bonds is 11. The summed E-state index contributed by atoms with van der Waals surface area (Å²) in [4.78, 5) is 0. The zero-order valence-electron chi connectivity index (χ0n) is 14.0. The molecule has 0 radical (unpaired) electrons. The lowest BCUT2D eigenvalue weighted by Crippen LogP contribution is -2.33. The van der Waals surface area contributed by atoms with Crippen molar-refractivity contribution in [3.8, 4) is 0 Å². The lowest BCUT2D eigenvalue weighted by atomic mass is 9.89. The maximum atomic E-state index is 13.3. The fourth-order valence-electron chi connectivity index (χ4n) is 2.92. The molecule has 0 aliphatic rings. The van der Waals surface area contributed by atoms with Crippen LogP contribution in [0.5, 0.6) is 0 Å². The molecule has 2 heteroatoms. The van der Waals surface area contributed by atoms with Gasteiger partial charge in [-0.2, -0.15) is 0 Å². The van der Waals surface area contributed by atoms with Crippen molar-refractivity contribution in [2.75, 3.05) is 6.54 Å². The van der Waals surface area contributed by atoms with Gasteiger partial charge < -0.3 is 5.32 Å². The van der Waals surface area contributed by atoms with E-state index in [0.29, 0.717) is 6.04 Å². The molecule has 1 nitrogen and oxygen atoms in total. The standard InChI is InChI=1S/C19H32FN/c1-4-7-9-16(6-3)14-19(21-12-5-2)15-17-10-8-11-18(20)13-17/h8,10-11,13,16,19,21H,4-7,9,12,14-15H2,1-3H3. The van der Waals surface area contributed by atoms with Crippen LogP contribution in [-0.4, -0.2) is 12.6 Å². The van der Waals surface area contributed by atoms with Crippen molar-refractivity contribution >= 4 is 0 Å². The maximum Gasteiger partial charge on any atom is 0.123 e. The third-order valence-electron chi connectivity index (χ3n) is 4.22. The Morgan fingerprint density at radius 2 is 1.95 bits per heavy atom. The second-order valence-electron chi connectivity index (χ2n) is 6.14. The summed E-state index contributed by atoms with van der Waals surface area (Å²) >= 11 is 0. The van der Waals surface area contributed by atoms with Gasteiger partial charge in [-0.05, 0) is 49.4 Å². The van der Waals surface area contributed by atoms with E-state index in [1.807, 2.05) is 12.1 Å². The van der Waals surface area contributed by atoms with Crippen molar-refractivity contribution in [3.63, 3.8) is 0 Å². The van der Waals surface area contributed by atoms with E-state index in [1.165, 1.54) is 38.2 Å². The summed E-state index contributed by atoms with van der Waals surface area (Å²) in [6, 6.07) is 7.52. The molecule has 2 atom stereocenters. The molecule has 21 heavy (non-hydrogen) atoms. The molecule has 1 aromatic rings. The fourth-order valence-corrected chi connectivity index (χ4v) is 2.92. The number of unbranched alkanes of at least 4 members (excludes halogenated alkanes) is 1. The third kappa shape index (κ3) is 7.61. The highest BCUT2D eigenvalue weighted by molar-refractivity contribution is 5.17. The van der Waals surface area contributed by atoms with E-state index in [4.69, 9.17) is 0 Å². The van der Waals surface area contributed by atoms with Gasteiger partial charge in [-0.15, -0.1) is 0 Å². The molecule has 0 fully saturated rings. The normalized spacial score (nSPS) is 14.1. The fraction of sp³-hybridized carbons (Fsp3) is 0.684. The number of benzene rings is 1. The highest BCUT2D eigenvalue weighted by atomic mass is 19.1. The quantitative estimate of drug-likeness (QED) is 0.580. The van der Waals surface area contributed by atoms with Crippen molar-refractivity contribution in [2.45, 2.75) is 71.8 Å². The number of nitrogens with one attached hydrogen (secondary N) is 1. The van der Waals surface area contributed by atoms with E-state index in [1.54, 1.807) is 6.07 Å². The molecule has 1 rings (SSSR count). The topological polar surface area (TPSA) is 12.0 Å². The summed E-state index contributed by atoms with van der Waals surface area (Å²) in [5, 5.41) is 3.66. The van der Waals surface area contributed by atoms with E-state index in [-0.39, 0.29) is 5.82 Å². The van der Waals surface area contributed by atoms with E-state index in [2.05, 4.69) is 26.1 Å². The van der Waals surface area contributed by atoms with Gasteiger partial charge in [0, 0.05) is 6.04 Å². The highest BCUT2D eigenvalue weighted by Crippen LogP contribution is 2.20. The molecule has 0 saturated carbocycles. The molecule has 2 unspecified atom stereocenters. The van der Waals surface area contributed by atoms with Crippen LogP contribution in [0.25, 0.3) is 0 Å². The molecule has 0 spiro atoms. The summed E-state index contributed by atoms with van der Waals surface area (Å²) in [5.41, 5.74) is 1.11. The first-order chi connectivity index (χ1) is 10.2. The molecule has 120 valence electrons. The van der Waals surface area contributed by atoms with Crippen LogP contribution in [0.15, 0.2) is 24.3 Å².